The van der Waals surface area contributed by atoms with Gasteiger partial charge in [0.05, 0.1) is 14.9 Å². The summed E-state index contributed by atoms with van der Waals surface area (Å²) in [6, 6.07) is 5.22. The molecule has 76 valence electrons. The van der Waals surface area contributed by atoms with E-state index in [-0.39, 0.29) is 4.83 Å². The van der Waals surface area contributed by atoms with Crippen molar-refractivity contribution in [3.8, 4) is 0 Å². The molecule has 0 heterocycles. The van der Waals surface area contributed by atoms with Crippen molar-refractivity contribution in [3.63, 3.8) is 0 Å². The zero-order chi connectivity index (χ0) is 10.7. The van der Waals surface area contributed by atoms with Gasteiger partial charge in [-0.25, -0.2) is 0 Å². The summed E-state index contributed by atoms with van der Waals surface area (Å²) in [6.45, 7) is 0. The maximum atomic E-state index is 10.8. The van der Waals surface area contributed by atoms with E-state index in [4.69, 9.17) is 34.8 Å². The van der Waals surface area contributed by atoms with Crippen molar-refractivity contribution in [1.82, 2.24) is 0 Å². The molecule has 0 aliphatic heterocycles. The molecular formula is C9H6BrCl3O. The van der Waals surface area contributed by atoms with Crippen LogP contribution in [0.5, 0.6) is 0 Å². The molecule has 1 unspecified atom stereocenters. The van der Waals surface area contributed by atoms with Gasteiger partial charge in [0.25, 0.3) is 0 Å². The van der Waals surface area contributed by atoms with E-state index in [1.807, 2.05) is 6.07 Å². The van der Waals surface area contributed by atoms with Crippen molar-refractivity contribution in [3.05, 3.63) is 33.8 Å². The maximum Gasteiger partial charge on any atom is 0.235 e. The third-order valence-corrected chi connectivity index (χ3v) is 3.65. The molecule has 1 nitrogen and oxygen atoms in total. The van der Waals surface area contributed by atoms with Gasteiger partial charge in [-0.1, -0.05) is 45.2 Å². The lowest BCUT2D eigenvalue weighted by Gasteiger charge is -2.05. The molecule has 1 aromatic carbocycles. The predicted molar refractivity (Wildman–Crippen MR) is 63.7 cm³/mol. The Morgan fingerprint density at radius 3 is 2.50 bits per heavy atom. The lowest BCUT2D eigenvalue weighted by Crippen LogP contribution is -2.10. The van der Waals surface area contributed by atoms with E-state index in [9.17, 15) is 4.79 Å². The summed E-state index contributed by atoms with van der Waals surface area (Å²) in [7, 11) is 0. The van der Waals surface area contributed by atoms with E-state index >= 15 is 0 Å². The van der Waals surface area contributed by atoms with Crippen molar-refractivity contribution in [2.24, 2.45) is 0 Å². The molecule has 0 N–H and O–H groups in total. The van der Waals surface area contributed by atoms with Crippen LogP contribution in [-0.2, 0) is 11.2 Å². The molecule has 14 heavy (non-hydrogen) atoms. The first-order chi connectivity index (χ1) is 6.50. The minimum Gasteiger partial charge on any atom is -0.280 e. The van der Waals surface area contributed by atoms with Crippen LogP contribution in [0.4, 0.5) is 0 Å². The molecule has 5 heteroatoms. The Hall–Kier alpha value is 0.240. The molecule has 1 atom stereocenters. The van der Waals surface area contributed by atoms with Gasteiger partial charge in [0.15, 0.2) is 0 Å². The SMILES string of the molecule is O=C(Cl)C(Br)Cc1ccc(Cl)c(Cl)c1. The Morgan fingerprint density at radius 2 is 2.00 bits per heavy atom. The quantitative estimate of drug-likeness (QED) is 0.607. The highest BCUT2D eigenvalue weighted by Crippen LogP contribution is 2.24. The Kier molecular flexibility index (Phi) is 4.71. The van der Waals surface area contributed by atoms with Gasteiger partial charge in [-0.3, -0.25) is 4.79 Å². The summed E-state index contributed by atoms with van der Waals surface area (Å²) in [5.74, 6) is 0. The fourth-order valence-corrected chi connectivity index (χ4v) is 1.73. The van der Waals surface area contributed by atoms with Crippen LogP contribution in [0.1, 0.15) is 5.56 Å². The number of carbonyl (C=O) groups excluding carboxylic acids is 1. The van der Waals surface area contributed by atoms with Gasteiger partial charge < -0.3 is 0 Å². The molecule has 0 fully saturated rings. The molecule has 0 spiro atoms. The molecular weight excluding hydrogens is 310 g/mol. The van der Waals surface area contributed by atoms with Crippen LogP contribution in [0.3, 0.4) is 0 Å². The number of carbonyl (C=O) groups is 1. The van der Waals surface area contributed by atoms with Crippen LogP contribution in [0.25, 0.3) is 0 Å². The summed E-state index contributed by atoms with van der Waals surface area (Å²) in [4.78, 5) is 10.4. The highest BCUT2D eigenvalue weighted by Gasteiger charge is 2.13. The molecule has 0 aromatic heterocycles. The highest BCUT2D eigenvalue weighted by molar-refractivity contribution is 9.10. The van der Waals surface area contributed by atoms with Gasteiger partial charge >= 0.3 is 0 Å². The van der Waals surface area contributed by atoms with E-state index < -0.39 is 5.24 Å². The minimum absolute atomic E-state index is 0.388. The zero-order valence-corrected chi connectivity index (χ0v) is 10.8. The lowest BCUT2D eigenvalue weighted by atomic mass is 10.1. The highest BCUT2D eigenvalue weighted by atomic mass is 79.9. The van der Waals surface area contributed by atoms with Gasteiger partial charge in [0, 0.05) is 0 Å². The number of benzene rings is 1. The molecule has 0 aliphatic carbocycles. The average molecular weight is 316 g/mol. The second-order valence-corrected chi connectivity index (χ2v) is 5.02. The normalized spacial score (nSPS) is 12.6. The summed E-state index contributed by atoms with van der Waals surface area (Å²) in [5.41, 5.74) is 0.912. The van der Waals surface area contributed by atoms with Crippen LogP contribution in [0.15, 0.2) is 18.2 Å². The smallest absolute Gasteiger partial charge is 0.235 e. The Bertz CT molecular complexity index is 354. The minimum atomic E-state index is -0.420. The first-order valence-electron chi connectivity index (χ1n) is 3.78. The largest absolute Gasteiger partial charge is 0.280 e. The van der Waals surface area contributed by atoms with Crippen molar-refractivity contribution in [1.29, 1.82) is 0 Å². The zero-order valence-electron chi connectivity index (χ0n) is 6.94. The number of hydrogen-bond acceptors (Lipinski definition) is 1. The Morgan fingerprint density at radius 1 is 1.36 bits per heavy atom. The van der Waals surface area contributed by atoms with Crippen LogP contribution >= 0.6 is 50.7 Å². The van der Waals surface area contributed by atoms with Gasteiger partial charge in [-0.2, -0.15) is 0 Å². The first-order valence-corrected chi connectivity index (χ1v) is 5.83. The Labute approximate surface area is 105 Å². The predicted octanol–water partition coefficient (Wildman–Crippen LogP) is 4.06. The summed E-state index contributed by atoms with van der Waals surface area (Å²) < 4.78 is 0. The monoisotopic (exact) mass is 314 g/mol. The summed E-state index contributed by atoms with van der Waals surface area (Å²) >= 11 is 20.0. The third-order valence-electron chi connectivity index (χ3n) is 1.65. The van der Waals surface area contributed by atoms with Gasteiger partial charge in [0.1, 0.15) is 0 Å². The van der Waals surface area contributed by atoms with E-state index in [2.05, 4.69) is 15.9 Å². The standard InChI is InChI=1S/C9H6BrCl3O/c10-6(9(13)14)3-5-1-2-7(11)8(12)4-5/h1-2,4,6H,3H2. The molecule has 1 aromatic rings. The van der Waals surface area contributed by atoms with E-state index in [1.165, 1.54) is 0 Å². The summed E-state index contributed by atoms with van der Waals surface area (Å²) in [6.07, 6.45) is 0.499. The summed E-state index contributed by atoms with van der Waals surface area (Å²) in [5, 5.41) is 0.556. The molecule has 0 aliphatic rings. The molecule has 0 bridgehead atoms. The third kappa shape index (κ3) is 3.43. The Balaban J connectivity index is 2.78. The van der Waals surface area contributed by atoms with Crippen molar-refractivity contribution >= 4 is 56.0 Å². The van der Waals surface area contributed by atoms with E-state index in [0.717, 1.165) is 5.56 Å². The maximum absolute atomic E-state index is 10.8. The van der Waals surface area contributed by atoms with Crippen molar-refractivity contribution in [2.45, 2.75) is 11.2 Å². The molecule has 0 amide bonds. The lowest BCUT2D eigenvalue weighted by molar-refractivity contribution is -0.111. The van der Waals surface area contributed by atoms with Gasteiger partial charge in [0.2, 0.25) is 5.24 Å². The number of rotatable bonds is 3. The van der Waals surface area contributed by atoms with E-state index in [0.29, 0.717) is 16.5 Å². The average Bonchev–Trinajstić information content (AvgIpc) is 2.11. The fraction of sp³-hybridized carbons (Fsp3) is 0.222. The van der Waals surface area contributed by atoms with Gasteiger partial charge in [-0.05, 0) is 35.7 Å². The van der Waals surface area contributed by atoms with Crippen LogP contribution in [-0.4, -0.2) is 10.1 Å². The second-order valence-electron chi connectivity index (χ2n) is 2.72. The van der Waals surface area contributed by atoms with Crippen molar-refractivity contribution in [2.75, 3.05) is 0 Å². The molecule has 1 rings (SSSR count). The first kappa shape index (κ1) is 12.3. The topological polar surface area (TPSA) is 17.1 Å². The molecule has 0 saturated heterocycles. The van der Waals surface area contributed by atoms with Crippen molar-refractivity contribution < 1.29 is 4.79 Å². The van der Waals surface area contributed by atoms with Crippen LogP contribution in [0, 0.1) is 0 Å². The fourth-order valence-electron chi connectivity index (χ4n) is 0.954. The number of halogens is 4. The second kappa shape index (κ2) is 5.36. The van der Waals surface area contributed by atoms with Crippen LogP contribution < -0.4 is 0 Å². The molecule has 0 radical (unpaired) electrons. The number of hydrogen-bond donors (Lipinski definition) is 0. The molecule has 0 saturated carbocycles. The number of alkyl halides is 1. The van der Waals surface area contributed by atoms with Gasteiger partial charge in [-0.15, -0.1) is 0 Å². The van der Waals surface area contributed by atoms with E-state index in [1.54, 1.807) is 12.1 Å². The van der Waals surface area contributed by atoms with Crippen LogP contribution in [0.2, 0.25) is 10.0 Å².